The standard InChI is InChI=1S/C27H27ClFNO3/c1-4-15(2)33-27(32)24-16(3)30-22-13-18(17-9-11-19(28)12-10-17)14-23(31)26(22)25(24)20-7-5-6-8-21(20)29/h5-12,15,18,25,30H,4,13-14H2,1-3H3/t15-,18+,25+/m0/s1. The maximum absolute atomic E-state index is 15.0. The van der Waals surface area contributed by atoms with E-state index in [2.05, 4.69) is 5.32 Å². The van der Waals surface area contributed by atoms with Gasteiger partial charge < -0.3 is 10.1 Å². The lowest BCUT2D eigenvalue weighted by Gasteiger charge is -2.37. The molecule has 0 unspecified atom stereocenters. The van der Waals surface area contributed by atoms with E-state index in [-0.39, 0.29) is 29.8 Å². The zero-order chi connectivity index (χ0) is 23.7. The van der Waals surface area contributed by atoms with Crippen molar-refractivity contribution < 1.29 is 18.7 Å². The second-order valence-electron chi connectivity index (χ2n) is 8.71. The van der Waals surface area contributed by atoms with Crippen molar-refractivity contribution in [3.8, 4) is 0 Å². The maximum atomic E-state index is 15.0. The number of allylic oxidation sites excluding steroid dienone is 3. The molecule has 0 radical (unpaired) electrons. The molecule has 2 aromatic carbocycles. The highest BCUT2D eigenvalue weighted by Crippen LogP contribution is 2.46. The molecule has 6 heteroatoms. The molecule has 0 spiro atoms. The van der Waals surface area contributed by atoms with E-state index in [4.69, 9.17) is 16.3 Å². The molecule has 1 heterocycles. The minimum Gasteiger partial charge on any atom is -0.459 e. The Bertz CT molecular complexity index is 1150. The third-order valence-corrected chi connectivity index (χ3v) is 6.74. The number of ether oxygens (including phenoxy) is 1. The molecule has 172 valence electrons. The molecule has 1 N–H and O–H groups in total. The number of halogens is 2. The molecule has 2 aromatic rings. The van der Waals surface area contributed by atoms with Gasteiger partial charge in [0.2, 0.25) is 0 Å². The first kappa shape index (κ1) is 23.2. The number of hydrogen-bond donors (Lipinski definition) is 1. The van der Waals surface area contributed by atoms with E-state index in [0.29, 0.717) is 34.7 Å². The van der Waals surface area contributed by atoms with Gasteiger partial charge in [0.15, 0.2) is 5.78 Å². The number of benzene rings is 2. The summed E-state index contributed by atoms with van der Waals surface area (Å²) in [5, 5.41) is 3.93. The minimum absolute atomic E-state index is 0.0243. The Morgan fingerprint density at radius 1 is 1.18 bits per heavy atom. The van der Waals surface area contributed by atoms with Crippen molar-refractivity contribution >= 4 is 23.4 Å². The molecule has 0 saturated carbocycles. The van der Waals surface area contributed by atoms with Crippen molar-refractivity contribution in [1.82, 2.24) is 5.32 Å². The van der Waals surface area contributed by atoms with Crippen molar-refractivity contribution in [1.29, 1.82) is 0 Å². The van der Waals surface area contributed by atoms with Crippen LogP contribution < -0.4 is 5.32 Å². The van der Waals surface area contributed by atoms with E-state index in [1.165, 1.54) is 6.07 Å². The third-order valence-electron chi connectivity index (χ3n) is 6.49. The lowest BCUT2D eigenvalue weighted by atomic mass is 9.71. The van der Waals surface area contributed by atoms with E-state index in [1.54, 1.807) is 25.1 Å². The summed E-state index contributed by atoms with van der Waals surface area (Å²) in [6.07, 6.45) is 1.23. The Labute approximate surface area is 198 Å². The first-order valence-corrected chi connectivity index (χ1v) is 11.6. The number of rotatable bonds is 5. The molecule has 1 aliphatic carbocycles. The third kappa shape index (κ3) is 4.60. The number of Topliss-reactive ketones (excluding diaryl/α,β-unsaturated/α-hetero) is 1. The van der Waals surface area contributed by atoms with Gasteiger partial charge in [0, 0.05) is 34.0 Å². The Hall–Kier alpha value is -2.92. The number of nitrogens with one attached hydrogen (secondary N) is 1. The van der Waals surface area contributed by atoms with Crippen LogP contribution in [0.2, 0.25) is 5.02 Å². The number of hydrogen-bond acceptors (Lipinski definition) is 4. The number of dihydropyridines is 1. The number of carbonyl (C=O) groups is 2. The molecule has 0 amide bonds. The SMILES string of the molecule is CC[C@H](C)OC(=O)C1=C(C)NC2=C(C(=O)C[C@H](c3ccc(Cl)cc3)C2)[C@@H]1c1ccccc1F. The predicted molar refractivity (Wildman–Crippen MR) is 126 cm³/mol. The van der Waals surface area contributed by atoms with Gasteiger partial charge in [0.1, 0.15) is 5.82 Å². The Morgan fingerprint density at radius 3 is 2.55 bits per heavy atom. The second-order valence-corrected chi connectivity index (χ2v) is 9.15. The summed E-state index contributed by atoms with van der Waals surface area (Å²) in [7, 11) is 0. The zero-order valence-corrected chi connectivity index (χ0v) is 19.7. The Morgan fingerprint density at radius 2 is 1.88 bits per heavy atom. The first-order chi connectivity index (χ1) is 15.8. The van der Waals surface area contributed by atoms with E-state index in [1.807, 2.05) is 38.1 Å². The molecular formula is C27H27ClFNO3. The van der Waals surface area contributed by atoms with Gasteiger partial charge in [-0.2, -0.15) is 0 Å². The topological polar surface area (TPSA) is 55.4 Å². The number of esters is 1. The highest BCUT2D eigenvalue weighted by molar-refractivity contribution is 6.30. The van der Waals surface area contributed by atoms with E-state index in [9.17, 15) is 14.0 Å². The minimum atomic E-state index is -0.808. The summed E-state index contributed by atoms with van der Waals surface area (Å²) in [6, 6.07) is 13.8. The van der Waals surface area contributed by atoms with Gasteiger partial charge in [0.25, 0.3) is 0 Å². The van der Waals surface area contributed by atoms with Crippen molar-refractivity contribution in [2.75, 3.05) is 0 Å². The van der Waals surface area contributed by atoms with Crippen molar-refractivity contribution in [2.24, 2.45) is 0 Å². The number of ketones is 1. The lowest BCUT2D eigenvalue weighted by Crippen LogP contribution is -2.36. The molecule has 0 bridgehead atoms. The predicted octanol–water partition coefficient (Wildman–Crippen LogP) is 6.18. The second kappa shape index (κ2) is 9.52. The normalized spacial score (nSPS) is 21.4. The van der Waals surface area contributed by atoms with Crippen LogP contribution in [0.1, 0.15) is 63.0 Å². The molecule has 2 aliphatic rings. The fraction of sp³-hybridized carbons (Fsp3) is 0.333. The summed E-state index contributed by atoms with van der Waals surface area (Å²) < 4.78 is 20.6. The largest absolute Gasteiger partial charge is 0.459 e. The maximum Gasteiger partial charge on any atom is 0.337 e. The molecular weight excluding hydrogens is 441 g/mol. The molecule has 33 heavy (non-hydrogen) atoms. The van der Waals surface area contributed by atoms with E-state index < -0.39 is 17.7 Å². The van der Waals surface area contributed by atoms with Crippen LogP contribution in [0.3, 0.4) is 0 Å². The average Bonchev–Trinajstić information content (AvgIpc) is 2.78. The van der Waals surface area contributed by atoms with Gasteiger partial charge >= 0.3 is 5.97 Å². The van der Waals surface area contributed by atoms with Crippen LogP contribution in [0, 0.1) is 5.82 Å². The average molecular weight is 468 g/mol. The highest BCUT2D eigenvalue weighted by Gasteiger charge is 2.42. The van der Waals surface area contributed by atoms with E-state index in [0.717, 1.165) is 11.3 Å². The molecule has 4 nitrogen and oxygen atoms in total. The highest BCUT2D eigenvalue weighted by atomic mass is 35.5. The van der Waals surface area contributed by atoms with Gasteiger partial charge in [-0.1, -0.05) is 48.9 Å². The van der Waals surface area contributed by atoms with Crippen LogP contribution in [0.15, 0.2) is 71.1 Å². The van der Waals surface area contributed by atoms with Gasteiger partial charge in [-0.3, -0.25) is 4.79 Å². The summed E-state index contributed by atoms with van der Waals surface area (Å²) in [5.41, 5.74) is 3.38. The molecule has 0 aromatic heterocycles. The molecule has 1 aliphatic heterocycles. The zero-order valence-electron chi connectivity index (χ0n) is 19.0. The lowest BCUT2D eigenvalue weighted by molar-refractivity contribution is -0.144. The Balaban J connectivity index is 1.79. The van der Waals surface area contributed by atoms with E-state index >= 15 is 0 Å². The molecule has 4 rings (SSSR count). The molecule has 3 atom stereocenters. The fourth-order valence-electron chi connectivity index (χ4n) is 4.63. The van der Waals surface area contributed by atoms with Crippen molar-refractivity contribution in [3.05, 3.63) is 93.0 Å². The summed E-state index contributed by atoms with van der Waals surface area (Å²) in [6.45, 7) is 5.52. The van der Waals surface area contributed by atoms with Crippen LogP contribution in [0.5, 0.6) is 0 Å². The summed E-state index contributed by atoms with van der Waals surface area (Å²) in [4.78, 5) is 26.7. The smallest absolute Gasteiger partial charge is 0.337 e. The van der Waals surface area contributed by atoms with Crippen LogP contribution in [-0.4, -0.2) is 17.9 Å². The fourth-order valence-corrected chi connectivity index (χ4v) is 4.76. The van der Waals surface area contributed by atoms with Gasteiger partial charge in [0.05, 0.1) is 17.6 Å². The van der Waals surface area contributed by atoms with Crippen LogP contribution >= 0.6 is 11.6 Å². The van der Waals surface area contributed by atoms with Crippen LogP contribution in [0.25, 0.3) is 0 Å². The van der Waals surface area contributed by atoms with Crippen molar-refractivity contribution in [3.63, 3.8) is 0 Å². The van der Waals surface area contributed by atoms with Gasteiger partial charge in [-0.05, 0) is 56.4 Å². The van der Waals surface area contributed by atoms with Crippen LogP contribution in [0.4, 0.5) is 4.39 Å². The monoisotopic (exact) mass is 467 g/mol. The number of carbonyl (C=O) groups excluding carboxylic acids is 2. The Kier molecular flexibility index (Phi) is 6.71. The van der Waals surface area contributed by atoms with Gasteiger partial charge in [-0.15, -0.1) is 0 Å². The summed E-state index contributed by atoms with van der Waals surface area (Å²) >= 11 is 6.03. The quantitative estimate of drug-likeness (QED) is 0.533. The van der Waals surface area contributed by atoms with Crippen LogP contribution in [-0.2, 0) is 14.3 Å². The van der Waals surface area contributed by atoms with Gasteiger partial charge in [-0.25, -0.2) is 9.18 Å². The molecule has 0 fully saturated rings. The summed E-state index contributed by atoms with van der Waals surface area (Å²) in [5.74, 6) is -1.91. The first-order valence-electron chi connectivity index (χ1n) is 11.2. The molecule has 0 saturated heterocycles. The van der Waals surface area contributed by atoms with Crippen molar-refractivity contribution in [2.45, 2.75) is 58.0 Å².